The molecule has 0 atom stereocenters. The first-order chi connectivity index (χ1) is 7.66. The Labute approximate surface area is 93.2 Å². The molecule has 0 bridgehead atoms. The van der Waals surface area contributed by atoms with E-state index >= 15 is 0 Å². The summed E-state index contributed by atoms with van der Waals surface area (Å²) in [6.07, 6.45) is -4.99. The van der Waals surface area contributed by atoms with Crippen molar-refractivity contribution in [2.75, 3.05) is 5.73 Å². The van der Waals surface area contributed by atoms with Crippen molar-refractivity contribution in [2.45, 2.75) is 13.1 Å². The molecule has 8 heteroatoms. The second kappa shape index (κ2) is 4.04. The van der Waals surface area contributed by atoms with E-state index in [1.54, 1.807) is 0 Å². The van der Waals surface area contributed by atoms with Gasteiger partial charge in [0, 0.05) is 0 Å². The number of carbonyl (C=O) groups is 1. The van der Waals surface area contributed by atoms with Gasteiger partial charge in [0.2, 0.25) is 0 Å². The molecule has 0 saturated carbocycles. The number of benzene rings is 1. The van der Waals surface area contributed by atoms with Crippen molar-refractivity contribution in [2.24, 2.45) is 0 Å². The maximum atomic E-state index is 12.6. The number of ketones is 1. The number of nitro benzene ring substituents is 1. The highest BCUT2D eigenvalue weighted by Crippen LogP contribution is 2.41. The van der Waals surface area contributed by atoms with E-state index in [0.717, 1.165) is 19.1 Å². The number of Topliss-reactive ketones (excluding diaryl/α,β-unsaturated/α-hetero) is 1. The summed E-state index contributed by atoms with van der Waals surface area (Å²) in [7, 11) is 0. The van der Waals surface area contributed by atoms with E-state index in [1.807, 2.05) is 0 Å². The number of hydrogen-bond acceptors (Lipinski definition) is 4. The quantitative estimate of drug-likeness (QED) is 0.377. The van der Waals surface area contributed by atoms with Crippen LogP contribution in [0.3, 0.4) is 0 Å². The molecule has 1 aromatic carbocycles. The van der Waals surface area contributed by atoms with Crippen molar-refractivity contribution in [1.82, 2.24) is 0 Å². The molecule has 92 valence electrons. The number of nitro groups is 1. The van der Waals surface area contributed by atoms with Crippen LogP contribution < -0.4 is 5.73 Å². The first-order valence-corrected chi connectivity index (χ1v) is 4.31. The van der Waals surface area contributed by atoms with E-state index in [-0.39, 0.29) is 0 Å². The number of nitrogens with two attached hydrogens (primary N) is 1. The van der Waals surface area contributed by atoms with Gasteiger partial charge < -0.3 is 5.73 Å². The van der Waals surface area contributed by atoms with Crippen molar-refractivity contribution in [3.63, 3.8) is 0 Å². The number of hydrogen-bond donors (Lipinski definition) is 1. The largest absolute Gasteiger partial charge is 0.425 e. The van der Waals surface area contributed by atoms with Crippen LogP contribution in [0.4, 0.5) is 24.5 Å². The Bertz CT molecular complexity index is 497. The van der Waals surface area contributed by atoms with E-state index in [2.05, 4.69) is 0 Å². The highest BCUT2D eigenvalue weighted by Gasteiger charge is 2.42. The molecule has 0 aliphatic heterocycles. The molecule has 0 heterocycles. The Morgan fingerprint density at radius 1 is 1.41 bits per heavy atom. The summed E-state index contributed by atoms with van der Waals surface area (Å²) in [5.41, 5.74) is 0.792. The van der Waals surface area contributed by atoms with Gasteiger partial charge >= 0.3 is 6.18 Å². The zero-order chi connectivity index (χ0) is 13.4. The molecule has 17 heavy (non-hydrogen) atoms. The minimum atomic E-state index is -4.99. The van der Waals surface area contributed by atoms with Crippen LogP contribution in [-0.4, -0.2) is 10.7 Å². The second-order valence-corrected chi connectivity index (χ2v) is 3.24. The van der Waals surface area contributed by atoms with Crippen molar-refractivity contribution in [3.8, 4) is 0 Å². The summed E-state index contributed by atoms with van der Waals surface area (Å²) in [5, 5.41) is 10.6. The third kappa shape index (κ3) is 2.35. The second-order valence-electron chi connectivity index (χ2n) is 3.24. The summed E-state index contributed by atoms with van der Waals surface area (Å²) in [4.78, 5) is 20.4. The Kier molecular flexibility index (Phi) is 3.08. The average Bonchev–Trinajstić information content (AvgIpc) is 2.14. The van der Waals surface area contributed by atoms with Gasteiger partial charge in [-0.05, 0) is 19.1 Å². The molecule has 1 aromatic rings. The smallest absolute Gasteiger partial charge is 0.398 e. The third-order valence-corrected chi connectivity index (χ3v) is 2.06. The summed E-state index contributed by atoms with van der Waals surface area (Å²) in [5.74, 6) is -0.831. The highest BCUT2D eigenvalue weighted by molar-refractivity contribution is 5.99. The molecule has 0 saturated heterocycles. The molecule has 5 nitrogen and oxygen atoms in total. The summed E-state index contributed by atoms with van der Waals surface area (Å²) in [6.45, 7) is 0.943. The van der Waals surface area contributed by atoms with Gasteiger partial charge in [0.1, 0.15) is 0 Å². The van der Waals surface area contributed by atoms with Gasteiger partial charge in [0.25, 0.3) is 5.69 Å². The summed E-state index contributed by atoms with van der Waals surface area (Å²) < 4.78 is 37.9. The minimum absolute atomic E-state index is 0.614. The third-order valence-electron chi connectivity index (χ3n) is 2.06. The predicted octanol–water partition coefficient (Wildman–Crippen LogP) is 2.40. The lowest BCUT2D eigenvalue weighted by atomic mass is 10.0. The zero-order valence-electron chi connectivity index (χ0n) is 8.54. The number of nitrogens with zero attached hydrogens (tertiary/aromatic N) is 1. The lowest BCUT2D eigenvalue weighted by Gasteiger charge is -2.11. The van der Waals surface area contributed by atoms with E-state index < -0.39 is 39.4 Å². The van der Waals surface area contributed by atoms with Gasteiger partial charge in [-0.2, -0.15) is 13.2 Å². The molecular formula is C9H7F3N2O3. The van der Waals surface area contributed by atoms with E-state index in [9.17, 15) is 28.1 Å². The Morgan fingerprint density at radius 3 is 2.29 bits per heavy atom. The van der Waals surface area contributed by atoms with Gasteiger partial charge in [-0.15, -0.1) is 0 Å². The SMILES string of the molecule is CC(=O)c1ccc(N)c(C(F)(F)F)c1[N+](=O)[O-]. The molecule has 0 aliphatic rings. The zero-order valence-corrected chi connectivity index (χ0v) is 8.54. The molecule has 0 radical (unpaired) electrons. The first kappa shape index (κ1) is 12.9. The number of halogens is 3. The van der Waals surface area contributed by atoms with Crippen LogP contribution in [0.5, 0.6) is 0 Å². The number of anilines is 1. The first-order valence-electron chi connectivity index (χ1n) is 4.31. The van der Waals surface area contributed by atoms with Crippen molar-refractivity contribution in [3.05, 3.63) is 33.4 Å². The monoisotopic (exact) mass is 248 g/mol. The standard InChI is InChI=1S/C9H7F3N2O3/c1-4(15)5-2-3-6(13)7(9(10,11)12)8(5)14(16)17/h2-3H,13H2,1H3. The van der Waals surface area contributed by atoms with Crippen molar-refractivity contribution >= 4 is 17.2 Å². The van der Waals surface area contributed by atoms with E-state index in [0.29, 0.717) is 0 Å². The lowest BCUT2D eigenvalue weighted by molar-refractivity contribution is -0.388. The van der Waals surface area contributed by atoms with E-state index in [4.69, 9.17) is 5.73 Å². The van der Waals surface area contributed by atoms with Crippen LogP contribution in [0, 0.1) is 10.1 Å². The van der Waals surface area contributed by atoms with Crippen LogP contribution >= 0.6 is 0 Å². The molecule has 0 aromatic heterocycles. The van der Waals surface area contributed by atoms with Crippen LogP contribution in [0.1, 0.15) is 22.8 Å². The number of alkyl halides is 3. The van der Waals surface area contributed by atoms with Gasteiger partial charge in [-0.3, -0.25) is 14.9 Å². The molecule has 2 N–H and O–H groups in total. The summed E-state index contributed by atoms with van der Waals surface area (Å²) >= 11 is 0. The number of carbonyl (C=O) groups excluding carboxylic acids is 1. The van der Waals surface area contributed by atoms with Crippen molar-refractivity contribution < 1.29 is 22.9 Å². The van der Waals surface area contributed by atoms with Crippen LogP contribution in [0.25, 0.3) is 0 Å². The maximum Gasteiger partial charge on any atom is 0.425 e. The van der Waals surface area contributed by atoms with Crippen molar-refractivity contribution in [1.29, 1.82) is 0 Å². The van der Waals surface area contributed by atoms with Crippen LogP contribution in [-0.2, 0) is 6.18 Å². The Morgan fingerprint density at radius 2 is 1.94 bits per heavy atom. The molecular weight excluding hydrogens is 241 g/mol. The fraction of sp³-hybridized carbons (Fsp3) is 0.222. The molecule has 0 amide bonds. The van der Waals surface area contributed by atoms with Gasteiger partial charge in [0.15, 0.2) is 11.3 Å². The average molecular weight is 248 g/mol. The predicted molar refractivity (Wildman–Crippen MR) is 52.5 cm³/mol. The topological polar surface area (TPSA) is 86.2 Å². The minimum Gasteiger partial charge on any atom is -0.398 e. The van der Waals surface area contributed by atoms with Crippen LogP contribution in [0.2, 0.25) is 0 Å². The molecule has 0 spiro atoms. The molecule has 0 unspecified atom stereocenters. The van der Waals surface area contributed by atoms with E-state index in [1.165, 1.54) is 0 Å². The van der Waals surface area contributed by atoms with Crippen LogP contribution in [0.15, 0.2) is 12.1 Å². The number of nitrogen functional groups attached to an aromatic ring is 1. The highest BCUT2D eigenvalue weighted by atomic mass is 19.4. The van der Waals surface area contributed by atoms with Gasteiger partial charge in [-0.1, -0.05) is 0 Å². The maximum absolute atomic E-state index is 12.6. The van der Waals surface area contributed by atoms with Gasteiger partial charge in [0.05, 0.1) is 16.2 Å². The number of rotatable bonds is 2. The Balaban J connectivity index is 3.73. The Hall–Kier alpha value is -2.12. The normalized spacial score (nSPS) is 11.3. The van der Waals surface area contributed by atoms with Gasteiger partial charge in [-0.25, -0.2) is 0 Å². The summed E-state index contributed by atoms with van der Waals surface area (Å²) in [6, 6.07) is 1.73. The molecule has 0 aliphatic carbocycles. The fourth-order valence-electron chi connectivity index (χ4n) is 1.38. The lowest BCUT2D eigenvalue weighted by Crippen LogP contribution is -2.15. The fourth-order valence-corrected chi connectivity index (χ4v) is 1.38. The molecule has 0 fully saturated rings. The molecule has 1 rings (SSSR count).